The quantitative estimate of drug-likeness (QED) is 0.403. The predicted molar refractivity (Wildman–Crippen MR) is 52.2 cm³/mol. The maximum Gasteiger partial charge on any atom is 0.158 e. The second kappa shape index (κ2) is 5.12. The molecule has 1 rings (SSSR count). The van der Waals surface area contributed by atoms with E-state index in [0.717, 1.165) is 19.4 Å². The summed E-state index contributed by atoms with van der Waals surface area (Å²) >= 11 is 4.09. The Hall–Kier alpha value is 0.295. The first-order valence-corrected chi connectivity index (χ1v) is 4.96. The first-order chi connectivity index (χ1) is 5.77. The van der Waals surface area contributed by atoms with Crippen LogP contribution in [0.5, 0.6) is 0 Å². The molecule has 12 heavy (non-hydrogen) atoms. The van der Waals surface area contributed by atoms with Crippen LogP contribution in [0.25, 0.3) is 0 Å². The van der Waals surface area contributed by atoms with Crippen molar-refractivity contribution in [2.45, 2.75) is 31.0 Å². The summed E-state index contributed by atoms with van der Waals surface area (Å²) in [5, 5.41) is 18.1. The van der Waals surface area contributed by atoms with Crippen molar-refractivity contribution in [1.29, 1.82) is 0 Å². The fourth-order valence-corrected chi connectivity index (χ4v) is 1.67. The molecule has 1 heterocycles. The average Bonchev–Trinajstić information content (AvgIpc) is 2.43. The lowest BCUT2D eigenvalue weighted by atomic mass is 9.68. The molecule has 3 nitrogen and oxygen atoms in total. The van der Waals surface area contributed by atoms with Crippen LogP contribution in [0.4, 0.5) is 0 Å². The Labute approximate surface area is 78.8 Å². The van der Waals surface area contributed by atoms with Crippen molar-refractivity contribution in [3.8, 4) is 0 Å². The molecule has 0 aromatic carbocycles. The number of ether oxygens (including phenoxy) is 1. The maximum atomic E-state index is 9.35. The highest BCUT2D eigenvalue weighted by Crippen LogP contribution is 2.19. The number of rotatable bonds is 4. The van der Waals surface area contributed by atoms with Crippen molar-refractivity contribution in [3.63, 3.8) is 0 Å². The van der Waals surface area contributed by atoms with Crippen molar-refractivity contribution in [3.05, 3.63) is 0 Å². The molecule has 3 atom stereocenters. The number of hydrogen-bond donors (Lipinski definition) is 3. The van der Waals surface area contributed by atoms with E-state index in [0.29, 0.717) is 6.42 Å². The Balaban J connectivity index is 2.23. The summed E-state index contributed by atoms with van der Waals surface area (Å²) in [5.74, 6) is 0.847. The molecule has 0 saturated carbocycles. The first-order valence-electron chi connectivity index (χ1n) is 4.33. The molecular weight excluding hydrogens is 175 g/mol. The van der Waals surface area contributed by atoms with Gasteiger partial charge in [0.2, 0.25) is 0 Å². The second-order valence-corrected chi connectivity index (χ2v) is 3.60. The largest absolute Gasteiger partial charge is 0.394 e. The molecule has 0 amide bonds. The van der Waals surface area contributed by atoms with E-state index in [1.54, 1.807) is 0 Å². The molecule has 0 bridgehead atoms. The van der Waals surface area contributed by atoms with Crippen LogP contribution in [0.1, 0.15) is 6.42 Å². The van der Waals surface area contributed by atoms with Crippen LogP contribution in [0.3, 0.4) is 0 Å². The normalized spacial score (nSPS) is 35.4. The molecule has 1 saturated heterocycles. The van der Waals surface area contributed by atoms with E-state index in [1.165, 1.54) is 0 Å². The standard InChI is InChI=1S/C7H15BO3S/c9-4-6-5(10)3-7(11-6)8-1-2-12/h5-10,12H,1-4H2/t5?,6-,7-/m1/s1. The summed E-state index contributed by atoms with van der Waals surface area (Å²) in [6.45, 7) is -0.0848. The summed E-state index contributed by atoms with van der Waals surface area (Å²) in [5.41, 5.74) is 0. The van der Waals surface area contributed by atoms with Gasteiger partial charge >= 0.3 is 0 Å². The lowest BCUT2D eigenvalue weighted by molar-refractivity contribution is -0.00476. The monoisotopic (exact) mass is 190 g/mol. The molecule has 1 aliphatic rings. The Kier molecular flexibility index (Phi) is 4.42. The van der Waals surface area contributed by atoms with E-state index >= 15 is 0 Å². The topological polar surface area (TPSA) is 49.7 Å². The third-order valence-electron chi connectivity index (χ3n) is 2.16. The Bertz CT molecular complexity index is 136. The molecule has 0 aromatic rings. The van der Waals surface area contributed by atoms with E-state index in [1.807, 2.05) is 0 Å². The van der Waals surface area contributed by atoms with Gasteiger partial charge in [0.25, 0.3) is 0 Å². The zero-order valence-corrected chi connectivity index (χ0v) is 7.91. The predicted octanol–water partition coefficient (Wildman–Crippen LogP) is -0.761. The summed E-state index contributed by atoms with van der Waals surface area (Å²) in [4.78, 5) is 0. The van der Waals surface area contributed by atoms with E-state index < -0.39 is 6.10 Å². The molecule has 0 spiro atoms. The summed E-state index contributed by atoms with van der Waals surface area (Å²) in [6.07, 6.45) is 0.798. The molecule has 2 N–H and O–H groups in total. The van der Waals surface area contributed by atoms with Gasteiger partial charge in [-0.05, 0) is 12.2 Å². The Morgan fingerprint density at radius 1 is 1.58 bits per heavy atom. The van der Waals surface area contributed by atoms with Crippen molar-refractivity contribution in [2.75, 3.05) is 12.4 Å². The van der Waals surface area contributed by atoms with Crippen molar-refractivity contribution in [2.24, 2.45) is 0 Å². The smallest absolute Gasteiger partial charge is 0.158 e. The van der Waals surface area contributed by atoms with Crippen LogP contribution in [-0.2, 0) is 4.74 Å². The summed E-state index contributed by atoms with van der Waals surface area (Å²) < 4.78 is 5.39. The highest BCUT2D eigenvalue weighted by Gasteiger charge is 2.32. The average molecular weight is 190 g/mol. The fourth-order valence-electron chi connectivity index (χ4n) is 1.48. The van der Waals surface area contributed by atoms with Crippen molar-refractivity contribution < 1.29 is 14.9 Å². The van der Waals surface area contributed by atoms with Gasteiger partial charge in [-0.1, -0.05) is 6.32 Å². The van der Waals surface area contributed by atoms with Gasteiger partial charge in [0.15, 0.2) is 7.28 Å². The van der Waals surface area contributed by atoms with Gasteiger partial charge in [0, 0.05) is 6.00 Å². The highest BCUT2D eigenvalue weighted by atomic mass is 32.1. The van der Waals surface area contributed by atoms with Gasteiger partial charge in [-0.25, -0.2) is 0 Å². The van der Waals surface area contributed by atoms with Crippen LogP contribution >= 0.6 is 12.6 Å². The van der Waals surface area contributed by atoms with E-state index in [9.17, 15) is 5.11 Å². The number of thiol groups is 1. The SMILES string of the molecule is OC[C@H]1O[C@@H](BCCS)CC1O. The molecule has 0 aromatic heterocycles. The van der Waals surface area contributed by atoms with Crippen molar-refractivity contribution in [1.82, 2.24) is 0 Å². The van der Waals surface area contributed by atoms with Crippen molar-refractivity contribution >= 4 is 19.9 Å². The molecule has 1 fully saturated rings. The van der Waals surface area contributed by atoms with Crippen LogP contribution in [0.2, 0.25) is 6.32 Å². The fraction of sp³-hybridized carbons (Fsp3) is 1.00. The molecule has 0 radical (unpaired) electrons. The minimum absolute atomic E-state index is 0.0848. The van der Waals surface area contributed by atoms with Gasteiger partial charge in [0.1, 0.15) is 6.10 Å². The second-order valence-electron chi connectivity index (χ2n) is 3.15. The number of hydrogen-bond acceptors (Lipinski definition) is 4. The van der Waals surface area contributed by atoms with Crippen LogP contribution < -0.4 is 0 Å². The molecule has 0 aliphatic carbocycles. The van der Waals surface area contributed by atoms with E-state index in [2.05, 4.69) is 12.6 Å². The van der Waals surface area contributed by atoms with Gasteiger partial charge in [0.05, 0.1) is 12.7 Å². The minimum Gasteiger partial charge on any atom is -0.394 e. The van der Waals surface area contributed by atoms with Gasteiger partial charge < -0.3 is 14.9 Å². The zero-order valence-electron chi connectivity index (χ0n) is 7.02. The Morgan fingerprint density at radius 3 is 2.83 bits per heavy atom. The lowest BCUT2D eigenvalue weighted by Crippen LogP contribution is -2.24. The molecule has 70 valence electrons. The molecule has 1 unspecified atom stereocenters. The molecular formula is C7H15BO3S. The van der Waals surface area contributed by atoms with Crippen LogP contribution in [-0.4, -0.2) is 48.1 Å². The molecule has 5 heteroatoms. The van der Waals surface area contributed by atoms with Gasteiger partial charge in [-0.2, -0.15) is 12.6 Å². The first kappa shape index (κ1) is 10.4. The summed E-state index contributed by atoms with van der Waals surface area (Å²) in [6, 6.07) is 0.115. The van der Waals surface area contributed by atoms with Gasteiger partial charge in [-0.15, -0.1) is 0 Å². The van der Waals surface area contributed by atoms with Crippen LogP contribution in [0.15, 0.2) is 0 Å². The van der Waals surface area contributed by atoms with E-state index in [-0.39, 0.29) is 18.7 Å². The highest BCUT2D eigenvalue weighted by molar-refractivity contribution is 7.80. The van der Waals surface area contributed by atoms with E-state index in [4.69, 9.17) is 9.84 Å². The lowest BCUT2D eigenvalue weighted by Gasteiger charge is -2.10. The Morgan fingerprint density at radius 2 is 2.33 bits per heavy atom. The zero-order chi connectivity index (χ0) is 8.97. The number of aliphatic hydroxyl groups excluding tert-OH is 2. The summed E-state index contributed by atoms with van der Waals surface area (Å²) in [7, 11) is 0.928. The van der Waals surface area contributed by atoms with Crippen LogP contribution in [0, 0.1) is 0 Å². The number of aliphatic hydroxyl groups is 2. The van der Waals surface area contributed by atoms with Gasteiger partial charge in [-0.3, -0.25) is 0 Å². The third kappa shape index (κ3) is 2.66. The third-order valence-corrected chi connectivity index (χ3v) is 2.48. The minimum atomic E-state index is -0.486. The maximum absolute atomic E-state index is 9.35. The molecule has 1 aliphatic heterocycles.